The van der Waals surface area contributed by atoms with Gasteiger partial charge in [0.1, 0.15) is 5.76 Å². The first-order valence-corrected chi connectivity index (χ1v) is 11.0. The van der Waals surface area contributed by atoms with Crippen molar-refractivity contribution in [3.63, 3.8) is 0 Å². The summed E-state index contributed by atoms with van der Waals surface area (Å²) >= 11 is 0. The molecule has 4 rings (SSSR count). The van der Waals surface area contributed by atoms with Crippen LogP contribution in [0.25, 0.3) is 0 Å². The number of hydrogen-bond donors (Lipinski definition) is 2. The van der Waals surface area contributed by atoms with Crippen molar-refractivity contribution in [1.29, 1.82) is 0 Å². The van der Waals surface area contributed by atoms with Gasteiger partial charge in [-0.2, -0.15) is 0 Å². The highest BCUT2D eigenvalue weighted by Gasteiger charge is 2.21. The lowest BCUT2D eigenvalue weighted by Gasteiger charge is -2.33. The molecule has 0 saturated carbocycles. The molecule has 0 amide bonds. The van der Waals surface area contributed by atoms with Gasteiger partial charge < -0.3 is 20.0 Å². The Bertz CT molecular complexity index is 906. The van der Waals surface area contributed by atoms with E-state index in [1.165, 1.54) is 5.56 Å². The van der Waals surface area contributed by atoms with Gasteiger partial charge in [-0.25, -0.2) is 9.97 Å². The van der Waals surface area contributed by atoms with E-state index in [0.717, 1.165) is 63.0 Å². The van der Waals surface area contributed by atoms with Crippen molar-refractivity contribution < 1.29 is 4.42 Å². The van der Waals surface area contributed by atoms with Gasteiger partial charge in [0, 0.05) is 51.0 Å². The van der Waals surface area contributed by atoms with Crippen molar-refractivity contribution in [2.45, 2.75) is 31.7 Å². The molecule has 0 spiro atoms. The lowest BCUT2D eigenvalue weighted by molar-refractivity contribution is 0.456. The summed E-state index contributed by atoms with van der Waals surface area (Å²) in [6, 6.07) is 16.7. The lowest BCUT2D eigenvalue weighted by Crippen LogP contribution is -2.49. The van der Waals surface area contributed by atoms with E-state index in [-0.39, 0.29) is 0 Å². The van der Waals surface area contributed by atoms with Crippen LogP contribution in [-0.2, 0) is 12.8 Å². The summed E-state index contributed by atoms with van der Waals surface area (Å²) in [5.41, 5.74) is 1.32. The first-order chi connectivity index (χ1) is 15.4. The third-order valence-electron chi connectivity index (χ3n) is 5.43. The third kappa shape index (κ3) is 6.57. The number of furan rings is 1. The van der Waals surface area contributed by atoms with Crippen molar-refractivity contribution in [3.05, 3.63) is 78.5 Å². The number of anilines is 1. The molecular weight excluding hydrogens is 388 g/mol. The van der Waals surface area contributed by atoms with E-state index < -0.39 is 0 Å². The largest absolute Gasteiger partial charge is 0.469 e. The summed E-state index contributed by atoms with van der Waals surface area (Å²) in [7, 11) is 0. The molecule has 0 radical (unpaired) electrons. The van der Waals surface area contributed by atoms with Crippen molar-refractivity contribution in [2.24, 2.45) is 4.99 Å². The quantitative estimate of drug-likeness (QED) is 0.432. The van der Waals surface area contributed by atoms with Crippen molar-refractivity contribution in [3.8, 4) is 0 Å². The molecule has 2 aromatic heterocycles. The summed E-state index contributed by atoms with van der Waals surface area (Å²) in [4.78, 5) is 15.8. The molecule has 162 valence electrons. The average Bonchev–Trinajstić information content (AvgIpc) is 3.34. The molecule has 1 fully saturated rings. The Morgan fingerprint density at radius 2 is 1.81 bits per heavy atom. The van der Waals surface area contributed by atoms with Crippen LogP contribution in [0.15, 0.2) is 76.6 Å². The van der Waals surface area contributed by atoms with Crippen LogP contribution in [0.3, 0.4) is 0 Å². The molecule has 7 nitrogen and oxygen atoms in total. The van der Waals surface area contributed by atoms with E-state index in [2.05, 4.69) is 49.8 Å². The molecule has 1 aromatic carbocycles. The Kier molecular flexibility index (Phi) is 7.52. The Labute approximate surface area is 183 Å². The van der Waals surface area contributed by atoms with E-state index in [1.54, 1.807) is 18.7 Å². The predicted molar refractivity (Wildman–Crippen MR) is 123 cm³/mol. The van der Waals surface area contributed by atoms with Gasteiger partial charge in [-0.3, -0.25) is 4.99 Å². The molecule has 0 atom stereocenters. The number of aliphatic imine (C=N–C) groups is 1. The molecule has 3 heterocycles. The lowest BCUT2D eigenvalue weighted by atomic mass is 10.1. The SMILES string of the molecule is c1ccc(CCNC(=NCCc2ccco2)NC2CCN(c3ncccn3)CC2)cc1. The molecule has 0 aliphatic carbocycles. The molecule has 31 heavy (non-hydrogen) atoms. The minimum Gasteiger partial charge on any atom is -0.469 e. The molecule has 1 aliphatic heterocycles. The number of aromatic nitrogens is 2. The molecular formula is C24H30N6O. The fourth-order valence-electron chi connectivity index (χ4n) is 3.73. The maximum absolute atomic E-state index is 5.43. The summed E-state index contributed by atoms with van der Waals surface area (Å²) in [6.07, 6.45) is 9.11. The number of benzene rings is 1. The van der Waals surface area contributed by atoms with Crippen molar-refractivity contribution >= 4 is 11.9 Å². The third-order valence-corrected chi connectivity index (χ3v) is 5.43. The van der Waals surface area contributed by atoms with Gasteiger partial charge >= 0.3 is 0 Å². The van der Waals surface area contributed by atoms with E-state index in [4.69, 9.17) is 9.41 Å². The average molecular weight is 419 g/mol. The smallest absolute Gasteiger partial charge is 0.225 e. The Morgan fingerprint density at radius 3 is 2.55 bits per heavy atom. The normalized spacial score (nSPS) is 15.1. The standard InChI is InChI=1S/C24H30N6O/c1-2-6-20(7-3-1)9-15-25-23(26-16-10-22-8-4-19-31-22)29-21-11-17-30(18-12-21)24-27-13-5-14-28-24/h1-8,13-14,19,21H,9-12,15-18H2,(H2,25,26,29). The van der Waals surface area contributed by atoms with Crippen LogP contribution in [0.2, 0.25) is 0 Å². The molecule has 0 bridgehead atoms. The molecule has 3 aromatic rings. The highest BCUT2D eigenvalue weighted by Crippen LogP contribution is 2.15. The van der Waals surface area contributed by atoms with Gasteiger partial charge in [0.25, 0.3) is 0 Å². The zero-order valence-electron chi connectivity index (χ0n) is 17.8. The summed E-state index contributed by atoms with van der Waals surface area (Å²) < 4.78 is 5.43. The zero-order chi connectivity index (χ0) is 21.1. The van der Waals surface area contributed by atoms with Crippen LogP contribution in [0.4, 0.5) is 5.95 Å². The van der Waals surface area contributed by atoms with Crippen LogP contribution in [0, 0.1) is 0 Å². The molecule has 7 heteroatoms. The van der Waals surface area contributed by atoms with Crippen LogP contribution in [0.5, 0.6) is 0 Å². The van der Waals surface area contributed by atoms with Crippen molar-refractivity contribution in [2.75, 3.05) is 31.1 Å². The van der Waals surface area contributed by atoms with Crippen LogP contribution < -0.4 is 15.5 Å². The van der Waals surface area contributed by atoms with Crippen LogP contribution >= 0.6 is 0 Å². The van der Waals surface area contributed by atoms with Gasteiger partial charge in [-0.05, 0) is 43.0 Å². The maximum Gasteiger partial charge on any atom is 0.225 e. The second-order valence-electron chi connectivity index (χ2n) is 7.68. The van der Waals surface area contributed by atoms with E-state index in [1.807, 2.05) is 24.3 Å². The minimum absolute atomic E-state index is 0.381. The highest BCUT2D eigenvalue weighted by molar-refractivity contribution is 5.80. The molecule has 1 saturated heterocycles. The van der Waals surface area contributed by atoms with E-state index >= 15 is 0 Å². The number of piperidine rings is 1. The number of nitrogens with one attached hydrogen (secondary N) is 2. The Morgan fingerprint density at radius 1 is 1.00 bits per heavy atom. The van der Waals surface area contributed by atoms with Gasteiger partial charge in [-0.1, -0.05) is 30.3 Å². The molecule has 0 unspecified atom stereocenters. The second kappa shape index (κ2) is 11.2. The predicted octanol–water partition coefficient (Wildman–Crippen LogP) is 3.06. The monoisotopic (exact) mass is 418 g/mol. The van der Waals surface area contributed by atoms with Crippen molar-refractivity contribution in [1.82, 2.24) is 20.6 Å². The van der Waals surface area contributed by atoms with Gasteiger partial charge in [0.05, 0.1) is 6.26 Å². The van der Waals surface area contributed by atoms with Crippen LogP contribution in [-0.4, -0.2) is 48.1 Å². The summed E-state index contributed by atoms with van der Waals surface area (Å²) in [5, 5.41) is 7.14. The zero-order valence-corrected chi connectivity index (χ0v) is 17.8. The maximum atomic E-state index is 5.43. The highest BCUT2D eigenvalue weighted by atomic mass is 16.3. The Balaban J connectivity index is 1.30. The first-order valence-electron chi connectivity index (χ1n) is 11.0. The number of rotatable bonds is 8. The van der Waals surface area contributed by atoms with Crippen LogP contribution in [0.1, 0.15) is 24.2 Å². The summed E-state index contributed by atoms with van der Waals surface area (Å²) in [5.74, 6) is 2.65. The van der Waals surface area contributed by atoms with Gasteiger partial charge in [0.2, 0.25) is 5.95 Å². The first kappa shape index (κ1) is 20.9. The minimum atomic E-state index is 0.381. The molecule has 2 N–H and O–H groups in total. The Hall–Kier alpha value is -3.35. The summed E-state index contributed by atoms with van der Waals surface area (Å²) in [6.45, 7) is 3.40. The van der Waals surface area contributed by atoms with E-state index in [0.29, 0.717) is 12.6 Å². The number of nitrogens with zero attached hydrogens (tertiary/aromatic N) is 4. The second-order valence-corrected chi connectivity index (χ2v) is 7.68. The van der Waals surface area contributed by atoms with Gasteiger partial charge in [0.15, 0.2) is 5.96 Å². The number of guanidine groups is 1. The topological polar surface area (TPSA) is 78.6 Å². The van der Waals surface area contributed by atoms with E-state index in [9.17, 15) is 0 Å². The number of hydrogen-bond acceptors (Lipinski definition) is 5. The fourth-order valence-corrected chi connectivity index (χ4v) is 3.73. The fraction of sp³-hybridized carbons (Fsp3) is 0.375. The van der Waals surface area contributed by atoms with Gasteiger partial charge in [-0.15, -0.1) is 0 Å². The molecule has 1 aliphatic rings.